The molecule has 2 aromatic heterocycles. The van der Waals surface area contributed by atoms with Crippen LogP contribution < -0.4 is 10.6 Å². The van der Waals surface area contributed by atoms with Crippen LogP contribution in [0.4, 0.5) is 14.7 Å². The Bertz CT molecular complexity index is 1280. The van der Waals surface area contributed by atoms with E-state index in [4.69, 9.17) is 9.47 Å². The molecule has 2 N–H and O–H groups in total. The van der Waals surface area contributed by atoms with Crippen LogP contribution in [0.15, 0.2) is 24.3 Å². The monoisotopic (exact) mass is 548 g/mol. The van der Waals surface area contributed by atoms with Crippen molar-refractivity contribution in [3.05, 3.63) is 45.7 Å². The molecule has 1 fully saturated rings. The third-order valence-corrected chi connectivity index (χ3v) is 6.91. The van der Waals surface area contributed by atoms with Crippen LogP contribution in [0.2, 0.25) is 0 Å². The van der Waals surface area contributed by atoms with Crippen molar-refractivity contribution in [1.82, 2.24) is 20.4 Å². The molecule has 4 rings (SSSR count). The smallest absolute Gasteiger partial charge is 0.338 e. The zero-order chi connectivity index (χ0) is 26.4. The summed E-state index contributed by atoms with van der Waals surface area (Å²) in [5.74, 6) is -2.67. The number of cyclic esters (lactones) is 1. The predicted octanol–water partition coefficient (Wildman–Crippen LogP) is 3.28. The van der Waals surface area contributed by atoms with E-state index >= 15 is 0 Å². The lowest BCUT2D eigenvalue weighted by atomic mass is 10.1. The van der Waals surface area contributed by atoms with E-state index in [-0.39, 0.29) is 24.6 Å². The number of ether oxygens (including phenoxy) is 2. The number of anilines is 2. The van der Waals surface area contributed by atoms with Crippen LogP contribution in [0, 0.1) is 5.82 Å². The van der Waals surface area contributed by atoms with Gasteiger partial charge in [-0.1, -0.05) is 34.8 Å². The van der Waals surface area contributed by atoms with Crippen LogP contribution >= 0.6 is 22.7 Å². The number of hydrogen-bond donors (Lipinski definition) is 2. The van der Waals surface area contributed by atoms with Crippen LogP contribution in [0.1, 0.15) is 48.7 Å². The minimum Gasteiger partial charge on any atom is -0.432 e. The summed E-state index contributed by atoms with van der Waals surface area (Å²) in [6.07, 6.45) is 1.96. The van der Waals surface area contributed by atoms with Crippen molar-refractivity contribution in [2.75, 3.05) is 10.6 Å². The maximum atomic E-state index is 13.3. The maximum absolute atomic E-state index is 13.3. The molecule has 11 nitrogen and oxygen atoms in total. The van der Waals surface area contributed by atoms with Crippen molar-refractivity contribution < 1.29 is 28.2 Å². The number of carbonyl (C=O) groups excluding carboxylic acids is 3. The molecule has 1 saturated heterocycles. The quantitative estimate of drug-likeness (QED) is 0.272. The van der Waals surface area contributed by atoms with Gasteiger partial charge in [-0.05, 0) is 30.5 Å². The predicted molar refractivity (Wildman–Crippen MR) is 133 cm³/mol. The summed E-state index contributed by atoms with van der Waals surface area (Å²) < 4.78 is 23.7. The summed E-state index contributed by atoms with van der Waals surface area (Å²) in [5.41, 5.74) is 0.582. The second kappa shape index (κ2) is 11.8. The molecule has 0 bridgehead atoms. The van der Waals surface area contributed by atoms with Gasteiger partial charge in [0.15, 0.2) is 6.10 Å². The fourth-order valence-electron chi connectivity index (χ4n) is 3.54. The average molecular weight is 549 g/mol. The fourth-order valence-corrected chi connectivity index (χ4v) is 5.14. The molecule has 37 heavy (non-hydrogen) atoms. The maximum Gasteiger partial charge on any atom is 0.338 e. The standard InChI is InChI=1S/C23H25FN6O5S2/c1-23(2)34-15(20(33)35-23)12-17(32)26-22-30-28-19(37-22)9-4-3-8-18-27-29-21(36-18)25-16(31)11-13-6-5-7-14(24)10-13/h5-7,10,15H,3-4,8-9,11-12H2,1-2H3,(H,25,29,31)(H,26,30,32). The number of esters is 1. The Morgan fingerprint density at radius 3 is 2.19 bits per heavy atom. The summed E-state index contributed by atoms with van der Waals surface area (Å²) in [6, 6.07) is 5.90. The molecule has 196 valence electrons. The number of aryl methyl sites for hydroxylation is 2. The lowest BCUT2D eigenvalue weighted by Gasteiger charge is -2.14. The molecule has 1 aliphatic heterocycles. The Labute approximate surface area is 219 Å². The third kappa shape index (κ3) is 8.06. The van der Waals surface area contributed by atoms with Gasteiger partial charge in [0.2, 0.25) is 27.9 Å². The van der Waals surface area contributed by atoms with Crippen LogP contribution in [-0.4, -0.2) is 50.1 Å². The van der Waals surface area contributed by atoms with Crippen molar-refractivity contribution >= 4 is 50.7 Å². The summed E-state index contributed by atoms with van der Waals surface area (Å²) in [7, 11) is 0. The van der Waals surface area contributed by atoms with Gasteiger partial charge >= 0.3 is 5.97 Å². The molecular weight excluding hydrogens is 523 g/mol. The second-order valence-corrected chi connectivity index (χ2v) is 10.9. The van der Waals surface area contributed by atoms with E-state index in [1.54, 1.807) is 26.0 Å². The summed E-state index contributed by atoms with van der Waals surface area (Å²) in [6.45, 7) is 3.22. The number of carbonyl (C=O) groups is 3. The molecule has 0 spiro atoms. The Balaban J connectivity index is 1.14. The molecule has 0 radical (unpaired) electrons. The molecule has 1 aliphatic rings. The fraction of sp³-hybridized carbons (Fsp3) is 0.435. The highest BCUT2D eigenvalue weighted by molar-refractivity contribution is 7.15. The number of benzene rings is 1. The molecule has 0 aliphatic carbocycles. The summed E-state index contributed by atoms with van der Waals surface area (Å²) in [4.78, 5) is 36.1. The van der Waals surface area contributed by atoms with Gasteiger partial charge in [0.1, 0.15) is 15.8 Å². The van der Waals surface area contributed by atoms with E-state index in [2.05, 4.69) is 31.0 Å². The molecule has 1 unspecified atom stereocenters. The van der Waals surface area contributed by atoms with Crippen LogP contribution in [0.3, 0.4) is 0 Å². The van der Waals surface area contributed by atoms with Crippen molar-refractivity contribution in [1.29, 1.82) is 0 Å². The zero-order valence-corrected chi connectivity index (χ0v) is 21.8. The number of rotatable bonds is 11. The lowest BCUT2D eigenvalue weighted by molar-refractivity contribution is -0.160. The van der Waals surface area contributed by atoms with Gasteiger partial charge in [-0.3, -0.25) is 9.59 Å². The first-order valence-corrected chi connectivity index (χ1v) is 13.2. The molecule has 1 atom stereocenters. The highest BCUT2D eigenvalue weighted by Crippen LogP contribution is 2.26. The first kappa shape index (κ1) is 26.7. The Kier molecular flexibility index (Phi) is 8.51. The first-order chi connectivity index (χ1) is 17.6. The number of halogens is 1. The lowest BCUT2D eigenvalue weighted by Crippen LogP contribution is -2.26. The highest BCUT2D eigenvalue weighted by atomic mass is 32.1. The number of nitrogens with zero attached hydrogens (tertiary/aromatic N) is 4. The summed E-state index contributed by atoms with van der Waals surface area (Å²) >= 11 is 2.57. The molecule has 2 amide bonds. The topological polar surface area (TPSA) is 145 Å². The van der Waals surface area contributed by atoms with Crippen molar-refractivity contribution in [2.24, 2.45) is 0 Å². The van der Waals surface area contributed by atoms with Gasteiger partial charge in [-0.15, -0.1) is 20.4 Å². The van der Waals surface area contributed by atoms with E-state index in [1.165, 1.54) is 34.8 Å². The average Bonchev–Trinajstić information content (AvgIpc) is 3.50. The molecule has 0 saturated carbocycles. The van der Waals surface area contributed by atoms with Gasteiger partial charge in [-0.2, -0.15) is 0 Å². The van der Waals surface area contributed by atoms with E-state index in [0.717, 1.165) is 22.9 Å². The molecule has 3 aromatic rings. The molecule has 1 aromatic carbocycles. The van der Waals surface area contributed by atoms with E-state index in [0.29, 0.717) is 28.7 Å². The number of nitrogens with one attached hydrogen (secondary N) is 2. The van der Waals surface area contributed by atoms with Crippen LogP contribution in [0.25, 0.3) is 0 Å². The van der Waals surface area contributed by atoms with Crippen molar-refractivity contribution in [3.63, 3.8) is 0 Å². The van der Waals surface area contributed by atoms with Gasteiger partial charge in [0.25, 0.3) is 0 Å². The van der Waals surface area contributed by atoms with Crippen molar-refractivity contribution in [2.45, 2.75) is 64.3 Å². The first-order valence-electron chi connectivity index (χ1n) is 11.5. The minimum absolute atomic E-state index is 0.0516. The van der Waals surface area contributed by atoms with Crippen LogP contribution in [0.5, 0.6) is 0 Å². The zero-order valence-electron chi connectivity index (χ0n) is 20.2. The third-order valence-electron chi connectivity index (χ3n) is 5.12. The van der Waals surface area contributed by atoms with Crippen LogP contribution in [-0.2, 0) is 43.1 Å². The van der Waals surface area contributed by atoms with Crippen molar-refractivity contribution in [3.8, 4) is 0 Å². The van der Waals surface area contributed by atoms with E-state index in [9.17, 15) is 18.8 Å². The van der Waals surface area contributed by atoms with E-state index in [1.807, 2.05) is 0 Å². The second-order valence-electron chi connectivity index (χ2n) is 8.74. The van der Waals surface area contributed by atoms with Gasteiger partial charge in [0.05, 0.1) is 12.8 Å². The largest absolute Gasteiger partial charge is 0.432 e. The van der Waals surface area contributed by atoms with E-state index < -0.39 is 23.8 Å². The number of aromatic nitrogens is 4. The van der Waals surface area contributed by atoms with Gasteiger partial charge < -0.3 is 20.1 Å². The Morgan fingerprint density at radius 2 is 1.62 bits per heavy atom. The molecule has 3 heterocycles. The highest BCUT2D eigenvalue weighted by Gasteiger charge is 2.42. The summed E-state index contributed by atoms with van der Waals surface area (Å²) in [5, 5.41) is 23.8. The van der Waals surface area contributed by atoms with Gasteiger partial charge in [-0.25, -0.2) is 9.18 Å². The molecular formula is C23H25FN6O5S2. The molecule has 14 heteroatoms. The number of hydrogen-bond acceptors (Lipinski definition) is 11. The number of amides is 2. The Morgan fingerprint density at radius 1 is 1.00 bits per heavy atom. The Hall–Kier alpha value is -3.36. The normalized spacial score (nSPS) is 16.4. The van der Waals surface area contributed by atoms with Gasteiger partial charge in [0, 0.05) is 26.7 Å². The SMILES string of the molecule is CC1(C)OC(=O)C(CC(=O)Nc2nnc(CCCCc3nnc(NC(=O)Cc4cccc(F)c4)s3)s2)O1. The minimum atomic E-state index is -1.04. The number of unbranched alkanes of at least 4 members (excludes halogenated alkanes) is 1.